The first-order valence-electron chi connectivity index (χ1n) is 4.86. The van der Waals surface area contributed by atoms with Gasteiger partial charge < -0.3 is 9.47 Å². The normalized spacial score (nSPS) is 12.9. The van der Waals surface area contributed by atoms with Gasteiger partial charge in [-0.3, -0.25) is 4.79 Å². The molecule has 0 heterocycles. The quantitative estimate of drug-likeness (QED) is 0.486. The van der Waals surface area contributed by atoms with Gasteiger partial charge in [-0.25, -0.2) is 0 Å². The van der Waals surface area contributed by atoms with E-state index in [1.165, 1.54) is 7.11 Å². The van der Waals surface area contributed by atoms with Crippen molar-refractivity contribution in [3.63, 3.8) is 0 Å². The number of ether oxygens (including phenoxy) is 2. The molecule has 0 rings (SSSR count). The van der Waals surface area contributed by atoms with Crippen LogP contribution < -0.4 is 0 Å². The maximum atomic E-state index is 10.9. The van der Waals surface area contributed by atoms with Crippen LogP contribution in [0.4, 0.5) is 0 Å². The zero-order chi connectivity index (χ0) is 11.0. The number of carbonyl (C=O) groups is 1. The highest BCUT2D eigenvalue weighted by Gasteiger charge is 2.08. The van der Waals surface area contributed by atoms with Crippen LogP contribution in [0.25, 0.3) is 0 Å². The number of thioether (sulfide) groups is 1. The Hall–Kier alpha value is -0.220. The van der Waals surface area contributed by atoms with E-state index in [9.17, 15) is 4.79 Å². The molecule has 0 bridgehead atoms. The van der Waals surface area contributed by atoms with Crippen LogP contribution in [0.5, 0.6) is 0 Å². The summed E-state index contributed by atoms with van der Waals surface area (Å²) in [7, 11) is 1.42. The van der Waals surface area contributed by atoms with Gasteiger partial charge in [0, 0.05) is 11.0 Å². The number of hydrogen-bond donors (Lipinski definition) is 0. The molecule has 0 radical (unpaired) electrons. The van der Waals surface area contributed by atoms with Crippen molar-refractivity contribution in [3.05, 3.63) is 0 Å². The zero-order valence-electron chi connectivity index (χ0n) is 9.41. The third kappa shape index (κ3) is 8.38. The first kappa shape index (κ1) is 13.8. The van der Waals surface area contributed by atoms with Gasteiger partial charge in [-0.15, -0.1) is 0 Å². The van der Waals surface area contributed by atoms with E-state index < -0.39 is 0 Å². The minimum atomic E-state index is -0.144. The summed E-state index contributed by atoms with van der Waals surface area (Å²) in [6.45, 7) is 6.80. The maximum absolute atomic E-state index is 10.9. The molecule has 1 unspecified atom stereocenters. The van der Waals surface area contributed by atoms with Crippen LogP contribution in [0, 0.1) is 0 Å². The molecular formula is C10H20O3S. The molecule has 0 aliphatic heterocycles. The lowest BCUT2D eigenvalue weighted by Gasteiger charge is -2.11. The maximum Gasteiger partial charge on any atom is 0.306 e. The Morgan fingerprint density at radius 3 is 2.50 bits per heavy atom. The van der Waals surface area contributed by atoms with Crippen LogP contribution in [0.1, 0.15) is 27.2 Å². The SMILES string of the molecule is COC(=O)CC(C)SCCOC(C)C. The molecule has 0 aliphatic carbocycles. The predicted molar refractivity (Wildman–Crippen MR) is 59.6 cm³/mol. The Morgan fingerprint density at radius 2 is 2.00 bits per heavy atom. The van der Waals surface area contributed by atoms with Gasteiger partial charge in [0.15, 0.2) is 0 Å². The number of methoxy groups -OCH3 is 1. The third-order valence-electron chi connectivity index (χ3n) is 1.62. The number of esters is 1. The summed E-state index contributed by atoms with van der Waals surface area (Å²) in [5.41, 5.74) is 0. The molecule has 4 heteroatoms. The predicted octanol–water partition coefficient (Wildman–Crippen LogP) is 2.10. The molecule has 84 valence electrons. The van der Waals surface area contributed by atoms with Gasteiger partial charge in [-0.1, -0.05) is 6.92 Å². The monoisotopic (exact) mass is 220 g/mol. The summed E-state index contributed by atoms with van der Waals surface area (Å²) >= 11 is 1.74. The molecule has 0 saturated carbocycles. The topological polar surface area (TPSA) is 35.5 Å². The van der Waals surface area contributed by atoms with Gasteiger partial charge in [0.05, 0.1) is 26.2 Å². The van der Waals surface area contributed by atoms with Crippen LogP contribution in [0.3, 0.4) is 0 Å². The van der Waals surface area contributed by atoms with Gasteiger partial charge in [0.2, 0.25) is 0 Å². The van der Waals surface area contributed by atoms with Crippen molar-refractivity contribution in [2.24, 2.45) is 0 Å². The fourth-order valence-electron chi connectivity index (χ4n) is 0.910. The smallest absolute Gasteiger partial charge is 0.306 e. The minimum Gasteiger partial charge on any atom is -0.469 e. The highest BCUT2D eigenvalue weighted by molar-refractivity contribution is 7.99. The molecule has 0 aromatic carbocycles. The first-order chi connectivity index (χ1) is 6.56. The minimum absolute atomic E-state index is 0.144. The van der Waals surface area contributed by atoms with Crippen molar-refractivity contribution in [2.45, 2.75) is 38.5 Å². The van der Waals surface area contributed by atoms with E-state index in [4.69, 9.17) is 4.74 Å². The molecule has 0 aromatic heterocycles. The highest BCUT2D eigenvalue weighted by Crippen LogP contribution is 2.14. The van der Waals surface area contributed by atoms with E-state index in [2.05, 4.69) is 4.74 Å². The molecule has 0 fully saturated rings. The van der Waals surface area contributed by atoms with E-state index in [-0.39, 0.29) is 12.1 Å². The fourth-order valence-corrected chi connectivity index (χ4v) is 1.76. The standard InChI is InChI=1S/C10H20O3S/c1-8(2)13-5-6-14-9(3)7-10(11)12-4/h8-9H,5-7H2,1-4H3. The van der Waals surface area contributed by atoms with Crippen molar-refractivity contribution in [3.8, 4) is 0 Å². The van der Waals surface area contributed by atoms with Crippen molar-refractivity contribution < 1.29 is 14.3 Å². The summed E-state index contributed by atoms with van der Waals surface area (Å²) in [5, 5.41) is 0.304. The Bertz CT molecular complexity index is 159. The van der Waals surface area contributed by atoms with Crippen LogP contribution in [-0.4, -0.2) is 36.8 Å². The van der Waals surface area contributed by atoms with Crippen molar-refractivity contribution >= 4 is 17.7 Å². The van der Waals surface area contributed by atoms with E-state index in [0.717, 1.165) is 12.4 Å². The molecule has 1 atom stereocenters. The molecular weight excluding hydrogens is 200 g/mol. The summed E-state index contributed by atoms with van der Waals surface area (Å²) in [4.78, 5) is 10.9. The van der Waals surface area contributed by atoms with Crippen LogP contribution >= 0.6 is 11.8 Å². The van der Waals surface area contributed by atoms with Gasteiger partial charge in [0.1, 0.15) is 0 Å². The Balaban J connectivity index is 3.35. The molecule has 0 saturated heterocycles. The first-order valence-corrected chi connectivity index (χ1v) is 5.91. The Morgan fingerprint density at radius 1 is 1.36 bits per heavy atom. The second-order valence-corrected chi connectivity index (χ2v) is 4.93. The second kappa shape index (κ2) is 8.12. The van der Waals surface area contributed by atoms with E-state index in [0.29, 0.717) is 11.7 Å². The number of rotatable bonds is 7. The second-order valence-electron chi connectivity index (χ2n) is 3.38. The van der Waals surface area contributed by atoms with E-state index in [1.807, 2.05) is 20.8 Å². The molecule has 0 spiro atoms. The van der Waals surface area contributed by atoms with Crippen LogP contribution in [0.15, 0.2) is 0 Å². The van der Waals surface area contributed by atoms with Crippen molar-refractivity contribution in [2.75, 3.05) is 19.5 Å². The van der Waals surface area contributed by atoms with Crippen LogP contribution in [-0.2, 0) is 14.3 Å². The van der Waals surface area contributed by atoms with E-state index >= 15 is 0 Å². The van der Waals surface area contributed by atoms with Gasteiger partial charge >= 0.3 is 5.97 Å². The van der Waals surface area contributed by atoms with Gasteiger partial charge in [0.25, 0.3) is 0 Å². The Labute approximate surface area is 90.5 Å². The third-order valence-corrected chi connectivity index (χ3v) is 2.76. The number of carbonyl (C=O) groups excluding carboxylic acids is 1. The molecule has 14 heavy (non-hydrogen) atoms. The van der Waals surface area contributed by atoms with Crippen molar-refractivity contribution in [1.82, 2.24) is 0 Å². The van der Waals surface area contributed by atoms with Gasteiger partial charge in [-0.2, -0.15) is 11.8 Å². The lowest BCUT2D eigenvalue weighted by molar-refractivity contribution is -0.140. The van der Waals surface area contributed by atoms with Gasteiger partial charge in [-0.05, 0) is 13.8 Å². The molecule has 0 amide bonds. The molecule has 0 aliphatic rings. The molecule has 3 nitrogen and oxygen atoms in total. The highest BCUT2D eigenvalue weighted by atomic mass is 32.2. The number of hydrogen-bond acceptors (Lipinski definition) is 4. The average molecular weight is 220 g/mol. The lowest BCUT2D eigenvalue weighted by atomic mass is 10.3. The fraction of sp³-hybridized carbons (Fsp3) is 0.900. The van der Waals surface area contributed by atoms with Crippen molar-refractivity contribution in [1.29, 1.82) is 0 Å². The summed E-state index contributed by atoms with van der Waals surface area (Å²) in [6, 6.07) is 0. The Kier molecular flexibility index (Phi) is 7.99. The zero-order valence-corrected chi connectivity index (χ0v) is 10.2. The lowest BCUT2D eigenvalue weighted by Crippen LogP contribution is -2.11. The largest absolute Gasteiger partial charge is 0.469 e. The molecule has 0 aromatic rings. The summed E-state index contributed by atoms with van der Waals surface area (Å²) in [5.74, 6) is 0.783. The molecule has 0 N–H and O–H groups in total. The summed E-state index contributed by atoms with van der Waals surface area (Å²) < 4.78 is 9.97. The van der Waals surface area contributed by atoms with E-state index in [1.54, 1.807) is 11.8 Å². The average Bonchev–Trinajstić information content (AvgIpc) is 2.12. The summed E-state index contributed by atoms with van der Waals surface area (Å²) in [6.07, 6.45) is 0.759. The van der Waals surface area contributed by atoms with Crippen LogP contribution in [0.2, 0.25) is 0 Å².